The van der Waals surface area contributed by atoms with Gasteiger partial charge in [-0.15, -0.1) is 11.3 Å². The van der Waals surface area contributed by atoms with Gasteiger partial charge >= 0.3 is 0 Å². The van der Waals surface area contributed by atoms with Crippen LogP contribution in [0.2, 0.25) is 0 Å². The number of hydrogen-bond donors (Lipinski definition) is 1. The first-order chi connectivity index (χ1) is 12.3. The summed E-state index contributed by atoms with van der Waals surface area (Å²) in [7, 11) is 0. The van der Waals surface area contributed by atoms with E-state index >= 15 is 0 Å². The first-order valence-corrected chi connectivity index (χ1v) is 11.2. The lowest BCUT2D eigenvalue weighted by Gasteiger charge is -2.49. The second kappa shape index (κ2) is 7.82. The SMILES string of the molecule is CCCCN(C(=O)c1sc(C(C)(C)C)nc1C)C1CC(C)(C)NC(C)(C)C1. The molecule has 4 nitrogen and oxygen atoms in total. The number of nitrogens with zero attached hydrogens (tertiary/aromatic N) is 2. The number of amides is 1. The number of rotatable bonds is 5. The minimum absolute atomic E-state index is 0.0243. The summed E-state index contributed by atoms with van der Waals surface area (Å²) in [6.45, 7) is 20.5. The van der Waals surface area contributed by atoms with Crippen LogP contribution >= 0.6 is 11.3 Å². The van der Waals surface area contributed by atoms with E-state index in [0.29, 0.717) is 0 Å². The first kappa shape index (κ1) is 22.4. The molecule has 1 fully saturated rings. The highest BCUT2D eigenvalue weighted by molar-refractivity contribution is 7.14. The largest absolute Gasteiger partial charge is 0.335 e. The number of aryl methyl sites for hydroxylation is 1. The minimum atomic E-state index is -0.0268. The zero-order chi connectivity index (χ0) is 20.6. The Hall–Kier alpha value is -0.940. The highest BCUT2D eigenvalue weighted by Gasteiger charge is 2.41. The van der Waals surface area contributed by atoms with Crippen LogP contribution < -0.4 is 5.32 Å². The standard InChI is InChI=1S/C22H39N3OS/c1-10-11-12-25(16-13-21(6,7)24-22(8,9)14-16)18(26)17-15(2)23-19(27-17)20(3,4)5/h16,24H,10-14H2,1-9H3. The van der Waals surface area contributed by atoms with E-state index in [9.17, 15) is 4.79 Å². The van der Waals surface area contributed by atoms with Gasteiger partial charge in [0.05, 0.1) is 10.7 Å². The smallest absolute Gasteiger partial charge is 0.266 e. The van der Waals surface area contributed by atoms with Gasteiger partial charge in [-0.2, -0.15) is 0 Å². The summed E-state index contributed by atoms with van der Waals surface area (Å²) < 4.78 is 0. The van der Waals surface area contributed by atoms with Crippen molar-refractivity contribution in [3.05, 3.63) is 15.6 Å². The molecule has 0 spiro atoms. The van der Waals surface area contributed by atoms with Crippen molar-refractivity contribution in [3.63, 3.8) is 0 Å². The van der Waals surface area contributed by atoms with Gasteiger partial charge in [0.2, 0.25) is 0 Å². The predicted molar refractivity (Wildman–Crippen MR) is 116 cm³/mol. The molecular weight excluding hydrogens is 354 g/mol. The second-order valence-electron chi connectivity index (χ2n) is 10.5. The highest BCUT2D eigenvalue weighted by atomic mass is 32.1. The molecule has 2 heterocycles. The van der Waals surface area contributed by atoms with Crippen molar-refractivity contribution in [2.75, 3.05) is 6.54 Å². The van der Waals surface area contributed by atoms with Gasteiger partial charge in [-0.05, 0) is 53.9 Å². The van der Waals surface area contributed by atoms with Crippen molar-refractivity contribution in [2.45, 2.75) is 111 Å². The quantitative estimate of drug-likeness (QED) is 0.738. The Bertz CT molecular complexity index is 654. The van der Waals surface area contributed by atoms with Crippen LogP contribution in [-0.4, -0.2) is 39.5 Å². The highest BCUT2D eigenvalue weighted by Crippen LogP contribution is 2.35. The number of unbranched alkanes of at least 4 members (excludes halogenated alkanes) is 1. The van der Waals surface area contributed by atoms with E-state index in [1.807, 2.05) is 6.92 Å². The fraction of sp³-hybridized carbons (Fsp3) is 0.818. The van der Waals surface area contributed by atoms with Gasteiger partial charge in [0.1, 0.15) is 4.88 Å². The molecule has 1 aromatic rings. The van der Waals surface area contributed by atoms with E-state index in [-0.39, 0.29) is 28.4 Å². The Morgan fingerprint density at radius 1 is 1.22 bits per heavy atom. The lowest BCUT2D eigenvalue weighted by Crippen LogP contribution is -2.62. The van der Waals surface area contributed by atoms with E-state index in [1.165, 1.54) is 0 Å². The van der Waals surface area contributed by atoms with Crippen molar-refractivity contribution < 1.29 is 4.79 Å². The molecule has 0 aliphatic carbocycles. The van der Waals surface area contributed by atoms with Crippen LogP contribution in [0.15, 0.2) is 0 Å². The molecule has 1 aliphatic heterocycles. The van der Waals surface area contributed by atoms with Crippen molar-refractivity contribution in [2.24, 2.45) is 0 Å². The van der Waals surface area contributed by atoms with Crippen molar-refractivity contribution in [3.8, 4) is 0 Å². The van der Waals surface area contributed by atoms with Gasteiger partial charge in [-0.25, -0.2) is 4.98 Å². The first-order valence-electron chi connectivity index (χ1n) is 10.3. The molecular formula is C22H39N3OS. The number of nitrogens with one attached hydrogen (secondary N) is 1. The molecule has 1 aromatic heterocycles. The van der Waals surface area contributed by atoms with E-state index in [1.54, 1.807) is 11.3 Å². The second-order valence-corrected chi connectivity index (χ2v) is 11.5. The molecule has 0 bridgehead atoms. The molecule has 0 aromatic carbocycles. The third-order valence-corrected chi connectivity index (χ3v) is 6.83. The zero-order valence-electron chi connectivity index (χ0n) is 18.8. The molecule has 2 rings (SSSR count). The minimum Gasteiger partial charge on any atom is -0.335 e. The molecule has 1 N–H and O–H groups in total. The van der Waals surface area contributed by atoms with E-state index < -0.39 is 0 Å². The lowest BCUT2D eigenvalue weighted by atomic mass is 9.79. The van der Waals surface area contributed by atoms with Crippen molar-refractivity contribution >= 4 is 17.2 Å². The maximum Gasteiger partial charge on any atom is 0.266 e. The van der Waals surface area contributed by atoms with Crippen LogP contribution in [0.3, 0.4) is 0 Å². The molecule has 1 saturated heterocycles. The number of aromatic nitrogens is 1. The molecule has 27 heavy (non-hydrogen) atoms. The van der Waals surface area contributed by atoms with Crippen molar-refractivity contribution in [1.82, 2.24) is 15.2 Å². The fourth-order valence-electron chi connectivity index (χ4n) is 4.31. The maximum absolute atomic E-state index is 13.6. The van der Waals surface area contributed by atoms with Gasteiger partial charge in [0.15, 0.2) is 0 Å². The molecule has 0 unspecified atom stereocenters. The summed E-state index contributed by atoms with van der Waals surface area (Å²) in [5, 5.41) is 4.79. The average molecular weight is 394 g/mol. The molecule has 1 amide bonds. The van der Waals surface area contributed by atoms with Crippen molar-refractivity contribution in [1.29, 1.82) is 0 Å². The van der Waals surface area contributed by atoms with Crippen LogP contribution in [0.25, 0.3) is 0 Å². The number of hydrogen-bond acceptors (Lipinski definition) is 4. The Morgan fingerprint density at radius 3 is 2.22 bits per heavy atom. The summed E-state index contributed by atoms with van der Waals surface area (Å²) in [6.07, 6.45) is 4.10. The summed E-state index contributed by atoms with van der Waals surface area (Å²) in [5.74, 6) is 0.174. The molecule has 0 saturated carbocycles. The Labute approximate surface area is 170 Å². The molecule has 154 valence electrons. The average Bonchev–Trinajstić information content (AvgIpc) is 2.86. The van der Waals surface area contributed by atoms with Gasteiger partial charge in [-0.1, -0.05) is 34.1 Å². The normalized spacial score (nSPS) is 19.9. The number of carbonyl (C=O) groups is 1. The topological polar surface area (TPSA) is 45.2 Å². The van der Waals surface area contributed by atoms with Gasteiger partial charge in [0, 0.05) is 29.1 Å². The number of thiazole rings is 1. The number of carbonyl (C=O) groups excluding carboxylic acids is 1. The Kier molecular flexibility index (Phi) is 6.48. The van der Waals surface area contributed by atoms with Crippen LogP contribution in [0, 0.1) is 6.92 Å². The lowest BCUT2D eigenvalue weighted by molar-refractivity contribution is 0.0445. The number of piperidine rings is 1. The molecule has 1 aliphatic rings. The van der Waals surface area contributed by atoms with Crippen LogP contribution in [0.1, 0.15) is 101 Å². The van der Waals surface area contributed by atoms with E-state index in [4.69, 9.17) is 4.98 Å². The zero-order valence-corrected chi connectivity index (χ0v) is 19.6. The van der Waals surface area contributed by atoms with E-state index in [0.717, 1.165) is 47.8 Å². The van der Waals surface area contributed by atoms with Gasteiger partial charge in [0.25, 0.3) is 5.91 Å². The van der Waals surface area contributed by atoms with Crippen LogP contribution in [0.5, 0.6) is 0 Å². The third-order valence-electron chi connectivity index (χ3n) is 5.26. The third kappa shape index (κ3) is 5.54. The van der Waals surface area contributed by atoms with Crippen LogP contribution in [0.4, 0.5) is 0 Å². The van der Waals surface area contributed by atoms with Gasteiger partial charge in [-0.3, -0.25) is 4.79 Å². The van der Waals surface area contributed by atoms with Gasteiger partial charge < -0.3 is 10.2 Å². The summed E-state index contributed by atoms with van der Waals surface area (Å²) in [5.41, 5.74) is 0.900. The Balaban J connectivity index is 2.36. The molecule has 0 atom stereocenters. The summed E-state index contributed by atoms with van der Waals surface area (Å²) in [6, 6.07) is 0.259. The maximum atomic E-state index is 13.6. The van der Waals surface area contributed by atoms with E-state index in [2.05, 4.69) is 65.6 Å². The monoisotopic (exact) mass is 393 g/mol. The predicted octanol–water partition coefficient (Wildman–Crippen LogP) is 5.30. The fourth-order valence-corrected chi connectivity index (χ4v) is 5.39. The summed E-state index contributed by atoms with van der Waals surface area (Å²) >= 11 is 1.58. The molecule has 0 radical (unpaired) electrons. The molecule has 5 heteroatoms. The Morgan fingerprint density at radius 2 is 1.78 bits per heavy atom. The van der Waals surface area contributed by atoms with Crippen LogP contribution in [-0.2, 0) is 5.41 Å². The summed E-state index contributed by atoms with van der Waals surface area (Å²) in [4.78, 5) is 21.3.